The van der Waals surface area contributed by atoms with E-state index < -0.39 is 0 Å². The molecule has 1 fully saturated rings. The summed E-state index contributed by atoms with van der Waals surface area (Å²) < 4.78 is 1.67. The van der Waals surface area contributed by atoms with Crippen LogP contribution in [0.1, 0.15) is 46.9 Å². The number of carbonyl (C=O) groups excluding carboxylic acids is 1. The lowest BCUT2D eigenvalue weighted by Gasteiger charge is -2.35. The largest absolute Gasteiger partial charge is 0.330 e. The number of benzene rings is 1. The summed E-state index contributed by atoms with van der Waals surface area (Å²) in [6.07, 6.45) is 4.79. The highest BCUT2D eigenvalue weighted by atomic mass is 35.5. The Morgan fingerprint density at radius 2 is 2.04 bits per heavy atom. The van der Waals surface area contributed by atoms with E-state index in [1.54, 1.807) is 22.7 Å². The fourth-order valence-electron chi connectivity index (χ4n) is 3.50. The minimum absolute atomic E-state index is 0.00209. The number of aromatic nitrogens is 3. The number of aryl methyl sites for hydroxylation is 1. The highest BCUT2D eigenvalue weighted by Crippen LogP contribution is 2.32. The standard InChI is InChI=1S/C19H18Cl2N4O/c1-12-5-6-13(20)10-14(12)19(26)24-9-3-2-4-16(24)15-11-25-18(22-15)8-7-17(21)23-25/h5-8,10-11,16H,2-4,9H2,1H3/t16-/m0/s1. The third kappa shape index (κ3) is 3.17. The van der Waals surface area contributed by atoms with Crippen LogP contribution in [0.3, 0.4) is 0 Å². The molecule has 7 heteroatoms. The lowest BCUT2D eigenvalue weighted by Crippen LogP contribution is -2.39. The first kappa shape index (κ1) is 17.3. The molecule has 134 valence electrons. The molecule has 0 saturated carbocycles. The van der Waals surface area contributed by atoms with Crippen molar-refractivity contribution in [2.45, 2.75) is 32.2 Å². The minimum atomic E-state index is -0.0740. The highest BCUT2D eigenvalue weighted by molar-refractivity contribution is 6.31. The molecule has 1 saturated heterocycles. The van der Waals surface area contributed by atoms with Crippen molar-refractivity contribution in [3.8, 4) is 0 Å². The number of likely N-dealkylation sites (tertiary alicyclic amines) is 1. The molecular weight excluding hydrogens is 371 g/mol. The normalized spacial score (nSPS) is 17.7. The molecule has 5 nitrogen and oxygen atoms in total. The summed E-state index contributed by atoms with van der Waals surface area (Å²) in [6.45, 7) is 2.64. The Morgan fingerprint density at radius 3 is 2.88 bits per heavy atom. The molecule has 1 amide bonds. The Bertz CT molecular complexity index is 985. The van der Waals surface area contributed by atoms with Crippen molar-refractivity contribution in [3.63, 3.8) is 0 Å². The smallest absolute Gasteiger partial charge is 0.254 e. The molecule has 1 atom stereocenters. The number of piperidine rings is 1. The second-order valence-electron chi connectivity index (χ2n) is 6.59. The average molecular weight is 389 g/mol. The summed E-state index contributed by atoms with van der Waals surface area (Å²) in [7, 11) is 0. The molecule has 0 radical (unpaired) electrons. The van der Waals surface area contributed by atoms with Crippen LogP contribution in [0.2, 0.25) is 10.2 Å². The zero-order valence-corrected chi connectivity index (χ0v) is 15.8. The molecule has 3 aromatic rings. The predicted octanol–water partition coefficient (Wildman–Crippen LogP) is 4.71. The van der Waals surface area contributed by atoms with Gasteiger partial charge in [-0.15, -0.1) is 0 Å². The molecule has 2 aromatic heterocycles. The van der Waals surface area contributed by atoms with E-state index in [0.717, 1.165) is 36.2 Å². The van der Waals surface area contributed by atoms with Crippen LogP contribution in [-0.4, -0.2) is 31.9 Å². The zero-order chi connectivity index (χ0) is 18.3. The van der Waals surface area contributed by atoms with Crippen molar-refractivity contribution in [1.82, 2.24) is 19.5 Å². The molecule has 0 aliphatic carbocycles. The fraction of sp³-hybridized carbons (Fsp3) is 0.316. The third-order valence-corrected chi connectivity index (χ3v) is 5.28. The molecule has 0 spiro atoms. The van der Waals surface area contributed by atoms with E-state index in [1.165, 1.54) is 0 Å². The number of carbonyl (C=O) groups is 1. The first-order valence-corrected chi connectivity index (χ1v) is 9.37. The molecule has 3 heterocycles. The maximum absolute atomic E-state index is 13.2. The van der Waals surface area contributed by atoms with Crippen LogP contribution in [0.5, 0.6) is 0 Å². The molecule has 4 rings (SSSR count). The van der Waals surface area contributed by atoms with Gasteiger partial charge in [0.1, 0.15) is 5.15 Å². The lowest BCUT2D eigenvalue weighted by molar-refractivity contribution is 0.0606. The number of nitrogens with zero attached hydrogens (tertiary/aromatic N) is 4. The van der Waals surface area contributed by atoms with Crippen LogP contribution in [0.15, 0.2) is 36.5 Å². The van der Waals surface area contributed by atoms with Crippen molar-refractivity contribution >= 4 is 34.8 Å². The van der Waals surface area contributed by atoms with Gasteiger partial charge < -0.3 is 4.90 Å². The summed E-state index contributed by atoms with van der Waals surface area (Å²) in [5.74, 6) is -0.00209. The van der Waals surface area contributed by atoms with E-state index in [1.807, 2.05) is 30.2 Å². The Hall–Kier alpha value is -2.11. The van der Waals surface area contributed by atoms with Crippen molar-refractivity contribution in [2.75, 3.05) is 6.54 Å². The molecule has 1 aliphatic rings. The second kappa shape index (κ2) is 6.89. The van der Waals surface area contributed by atoms with E-state index >= 15 is 0 Å². The van der Waals surface area contributed by atoms with Gasteiger partial charge in [0.25, 0.3) is 5.91 Å². The van der Waals surface area contributed by atoms with Crippen LogP contribution < -0.4 is 0 Å². The van der Waals surface area contributed by atoms with E-state index in [9.17, 15) is 4.79 Å². The van der Waals surface area contributed by atoms with Crippen LogP contribution in [0, 0.1) is 6.92 Å². The first-order chi connectivity index (χ1) is 12.5. The van der Waals surface area contributed by atoms with Crippen LogP contribution >= 0.6 is 23.2 Å². The summed E-state index contributed by atoms with van der Waals surface area (Å²) >= 11 is 12.1. The van der Waals surface area contributed by atoms with Crippen molar-refractivity contribution in [1.29, 1.82) is 0 Å². The van der Waals surface area contributed by atoms with Gasteiger partial charge in [0.05, 0.1) is 17.9 Å². The molecule has 0 unspecified atom stereocenters. The maximum Gasteiger partial charge on any atom is 0.254 e. The molecule has 1 aromatic carbocycles. The second-order valence-corrected chi connectivity index (χ2v) is 7.42. The van der Waals surface area contributed by atoms with Gasteiger partial charge in [0, 0.05) is 17.1 Å². The van der Waals surface area contributed by atoms with Crippen LogP contribution in [0.25, 0.3) is 5.65 Å². The third-order valence-electron chi connectivity index (χ3n) is 4.84. The Labute approximate surface area is 161 Å². The Balaban J connectivity index is 1.71. The van der Waals surface area contributed by atoms with Gasteiger partial charge in [-0.1, -0.05) is 29.3 Å². The van der Waals surface area contributed by atoms with Gasteiger partial charge >= 0.3 is 0 Å². The number of hydrogen-bond acceptors (Lipinski definition) is 3. The highest BCUT2D eigenvalue weighted by Gasteiger charge is 2.31. The van der Waals surface area contributed by atoms with Gasteiger partial charge in [-0.3, -0.25) is 4.79 Å². The lowest BCUT2D eigenvalue weighted by atomic mass is 9.97. The van der Waals surface area contributed by atoms with E-state index in [0.29, 0.717) is 22.3 Å². The SMILES string of the molecule is Cc1ccc(Cl)cc1C(=O)N1CCCC[C@H]1c1cn2nc(Cl)ccc2n1. The minimum Gasteiger partial charge on any atom is -0.330 e. The van der Waals surface area contributed by atoms with E-state index in [-0.39, 0.29) is 11.9 Å². The Kier molecular flexibility index (Phi) is 4.59. The van der Waals surface area contributed by atoms with Crippen molar-refractivity contribution in [3.05, 3.63) is 63.5 Å². The van der Waals surface area contributed by atoms with Gasteiger partial charge in [-0.25, -0.2) is 9.50 Å². The summed E-state index contributed by atoms with van der Waals surface area (Å²) in [4.78, 5) is 19.8. The summed E-state index contributed by atoms with van der Waals surface area (Å²) in [5, 5.41) is 5.22. The fourth-order valence-corrected chi connectivity index (χ4v) is 3.82. The average Bonchev–Trinajstić information content (AvgIpc) is 3.06. The van der Waals surface area contributed by atoms with Gasteiger partial charge in [-0.05, 0) is 56.0 Å². The molecule has 0 N–H and O–H groups in total. The summed E-state index contributed by atoms with van der Waals surface area (Å²) in [5.41, 5.74) is 3.13. The number of rotatable bonds is 2. The quantitative estimate of drug-likeness (QED) is 0.638. The molecular formula is C19H18Cl2N4O. The van der Waals surface area contributed by atoms with Crippen molar-refractivity contribution < 1.29 is 4.79 Å². The number of imidazole rings is 1. The van der Waals surface area contributed by atoms with E-state index in [4.69, 9.17) is 23.2 Å². The van der Waals surface area contributed by atoms with Gasteiger partial charge in [-0.2, -0.15) is 5.10 Å². The van der Waals surface area contributed by atoms with Crippen LogP contribution in [-0.2, 0) is 0 Å². The first-order valence-electron chi connectivity index (χ1n) is 8.62. The maximum atomic E-state index is 13.2. The number of fused-ring (bicyclic) bond motifs is 1. The monoisotopic (exact) mass is 388 g/mol. The molecule has 0 bridgehead atoms. The van der Waals surface area contributed by atoms with Crippen LogP contribution in [0.4, 0.5) is 0 Å². The van der Waals surface area contributed by atoms with Gasteiger partial charge in [0.2, 0.25) is 0 Å². The predicted molar refractivity (Wildman–Crippen MR) is 102 cm³/mol. The number of hydrogen-bond donors (Lipinski definition) is 0. The molecule has 26 heavy (non-hydrogen) atoms. The Morgan fingerprint density at radius 1 is 1.19 bits per heavy atom. The summed E-state index contributed by atoms with van der Waals surface area (Å²) in [6, 6.07) is 8.90. The number of halogens is 2. The number of amides is 1. The zero-order valence-electron chi connectivity index (χ0n) is 14.3. The topological polar surface area (TPSA) is 50.5 Å². The van der Waals surface area contributed by atoms with E-state index in [2.05, 4.69) is 10.1 Å². The van der Waals surface area contributed by atoms with Crippen molar-refractivity contribution in [2.24, 2.45) is 0 Å². The van der Waals surface area contributed by atoms with Gasteiger partial charge in [0.15, 0.2) is 5.65 Å². The molecule has 1 aliphatic heterocycles.